The fourth-order valence-electron chi connectivity index (χ4n) is 9.99. The van der Waals surface area contributed by atoms with E-state index in [0.29, 0.717) is 60.5 Å². The molecule has 2 aromatic carbocycles. The van der Waals surface area contributed by atoms with Crippen molar-refractivity contribution >= 4 is 80.7 Å². The Morgan fingerprint density at radius 2 is 1.03 bits per heavy atom. The Morgan fingerprint density at radius 3 is 1.43 bits per heavy atom. The first-order valence-electron chi connectivity index (χ1n) is 31.4. The number of anilines is 2. The maximum atomic E-state index is 14.0. The fraction of sp³-hybridized carbons (Fsp3) is 0.522. The van der Waals surface area contributed by atoms with Crippen molar-refractivity contribution in [2.45, 2.75) is 167 Å². The monoisotopic (exact) mass is 1320 g/mol. The fourth-order valence-corrected chi connectivity index (χ4v) is 12.0. The molecular weight excluding hydrogens is 1220 g/mol. The van der Waals surface area contributed by atoms with Gasteiger partial charge in [0.05, 0.1) is 55.0 Å². The highest BCUT2D eigenvalue weighted by Gasteiger charge is 2.43. The number of aliphatic hydroxyl groups is 3. The predicted octanol–water partition coefficient (Wildman–Crippen LogP) is 11.7. The van der Waals surface area contributed by atoms with Crippen LogP contribution in [0.4, 0.5) is 10.3 Å². The number of aldehydes is 1. The van der Waals surface area contributed by atoms with Gasteiger partial charge in [-0.05, 0) is 80.0 Å². The molecule has 0 bridgehead atoms. The number of rotatable bonds is 26. The molecule has 93 heavy (non-hydrogen) atoms. The van der Waals surface area contributed by atoms with Crippen LogP contribution in [0, 0.1) is 33.5 Å². The van der Waals surface area contributed by atoms with Gasteiger partial charge in [-0.2, -0.15) is 20.5 Å². The van der Waals surface area contributed by atoms with E-state index in [-0.39, 0.29) is 47.8 Å². The molecule has 4 heterocycles. The van der Waals surface area contributed by atoms with E-state index in [1.54, 1.807) is 100.0 Å². The quantitative estimate of drug-likeness (QED) is 0.0228. The highest BCUT2D eigenvalue weighted by Crippen LogP contribution is 2.43. The van der Waals surface area contributed by atoms with Gasteiger partial charge in [0, 0.05) is 74.9 Å². The van der Waals surface area contributed by atoms with E-state index in [1.165, 1.54) is 56.0 Å². The van der Waals surface area contributed by atoms with Gasteiger partial charge in [0.25, 0.3) is 23.6 Å². The normalized spacial score (nSPS) is 13.7. The van der Waals surface area contributed by atoms with Gasteiger partial charge in [0.15, 0.2) is 16.5 Å². The average molecular weight is 1320 g/mol. The molecule has 0 spiro atoms. The van der Waals surface area contributed by atoms with Gasteiger partial charge >= 0.3 is 0 Å². The highest BCUT2D eigenvalue weighted by atomic mass is 32.1. The average Bonchev–Trinajstić information content (AvgIpc) is 1.71. The molecule has 506 valence electrons. The Bertz CT molecular complexity index is 3400. The zero-order chi connectivity index (χ0) is 70.1. The Morgan fingerprint density at radius 1 is 0.624 bits per heavy atom. The molecule has 4 aromatic rings. The smallest absolute Gasteiger partial charge is 0.290 e. The third-order valence-electron chi connectivity index (χ3n) is 15.1. The van der Waals surface area contributed by atoms with E-state index in [2.05, 4.69) is 37.5 Å². The number of amides is 6. The number of carbonyl (C=O) groups is 7. The molecule has 24 heteroatoms. The second-order valence-corrected chi connectivity index (χ2v) is 26.2. The summed E-state index contributed by atoms with van der Waals surface area (Å²) >= 11 is 2.81. The van der Waals surface area contributed by atoms with Gasteiger partial charge in [-0.3, -0.25) is 33.6 Å². The Hall–Kier alpha value is -8.13. The van der Waals surface area contributed by atoms with Crippen molar-refractivity contribution in [3.8, 4) is 46.2 Å². The van der Waals surface area contributed by atoms with Gasteiger partial charge < -0.3 is 34.6 Å². The zero-order valence-corrected chi connectivity index (χ0v) is 59.1. The second kappa shape index (κ2) is 37.5. The minimum Gasteiger partial charge on any atom is -0.496 e. The minimum atomic E-state index is -0.882. The SMILES string of the molecule is CC1=C(C#N)C(=O)N(N(C)C(=O)C(C)(C)C)C(=O)C1.CCCCCCN(CCCC)c1nc(-c2c(CO)cccc2OC)c(C=O)s1.CCCCN(CCCC)c1nc(-c2c(CO)cccc2OC)c(/C=C2\C(=O)N(N(C)C(=O)C(C)(C)C)C(=O)C(C#N)=C2C)s1.CO. The number of aromatic nitrogens is 2. The number of hydrogen-bond donors (Lipinski definition) is 3. The summed E-state index contributed by atoms with van der Waals surface area (Å²) in [4.78, 5) is 104. The van der Waals surface area contributed by atoms with E-state index in [1.807, 2.05) is 24.3 Å². The molecule has 0 aliphatic carbocycles. The summed E-state index contributed by atoms with van der Waals surface area (Å²) in [5, 5.41) is 51.0. The van der Waals surface area contributed by atoms with Crippen LogP contribution in [0.25, 0.3) is 28.6 Å². The standard InChI is InChI=1S/C33H43N5O5S.C22H32N2O3S.C13H17N3O3.CH4O/c1-9-11-16-37(17-12-10-2)32-35-28(27-22(20-39)14-13-15-25(27)43-8)26(44-32)18-23-21(3)24(19-34)30(41)38(29(23)40)36(7)31(42)33(4,5)6;1-4-6-8-9-14-24(13-7-5-2)22-23-21(19(16-26)28-22)20-17(15-25)11-10-12-18(20)27-3;1-8-6-10(17)16(11(18)9(8)7-14)15(5)12(19)13(2,3)4;1-2/h13-15,18,39H,9-12,16-17,20H2,1-8H3;10-12,16,25H,4-9,13-15H2,1-3H3;6H2,1-5H3;2H,1H3/b23-18-;;;. The van der Waals surface area contributed by atoms with E-state index in [9.17, 15) is 49.0 Å². The molecular formula is C69H96N10O12S2. The molecule has 0 radical (unpaired) electrons. The van der Waals surface area contributed by atoms with E-state index in [0.717, 1.165) is 115 Å². The molecule has 2 aliphatic heterocycles. The van der Waals surface area contributed by atoms with Crippen LogP contribution in [0.5, 0.6) is 11.5 Å². The molecule has 0 saturated heterocycles. The lowest BCUT2D eigenvalue weighted by Gasteiger charge is -2.36. The first-order valence-corrected chi connectivity index (χ1v) is 33.0. The number of nitriles is 2. The van der Waals surface area contributed by atoms with Crippen LogP contribution in [-0.4, -0.2) is 149 Å². The maximum absolute atomic E-state index is 14.0. The predicted molar refractivity (Wildman–Crippen MR) is 364 cm³/mol. The summed E-state index contributed by atoms with van der Waals surface area (Å²) in [6, 6.07) is 14.6. The van der Waals surface area contributed by atoms with Crippen molar-refractivity contribution < 1.29 is 58.4 Å². The summed E-state index contributed by atoms with van der Waals surface area (Å²) in [5.74, 6) is -2.51. The number of thiazole rings is 2. The Labute approximate surface area is 557 Å². The largest absolute Gasteiger partial charge is 0.496 e. The van der Waals surface area contributed by atoms with Gasteiger partial charge in [-0.25, -0.2) is 20.0 Å². The van der Waals surface area contributed by atoms with Gasteiger partial charge in [0.2, 0.25) is 11.8 Å². The van der Waals surface area contributed by atoms with Crippen molar-refractivity contribution in [3.63, 3.8) is 0 Å². The van der Waals surface area contributed by atoms with Crippen LogP contribution < -0.4 is 19.3 Å². The number of ether oxygens (including phenoxy) is 2. The van der Waals surface area contributed by atoms with E-state index >= 15 is 0 Å². The number of nitrogens with zero attached hydrogens (tertiary/aromatic N) is 10. The molecule has 0 fully saturated rings. The summed E-state index contributed by atoms with van der Waals surface area (Å²) in [7, 11) is 6.85. The van der Waals surface area contributed by atoms with Gasteiger partial charge in [-0.15, -0.1) is 0 Å². The third kappa shape index (κ3) is 19.9. The van der Waals surface area contributed by atoms with Gasteiger partial charge in [-0.1, -0.05) is 155 Å². The van der Waals surface area contributed by atoms with Crippen LogP contribution >= 0.6 is 22.7 Å². The number of hydrogen-bond acceptors (Lipinski definition) is 20. The molecule has 0 unspecified atom stereocenters. The van der Waals surface area contributed by atoms with Crippen LogP contribution in [-0.2, 0) is 42.0 Å². The first-order chi connectivity index (χ1) is 44.2. The number of benzene rings is 2. The van der Waals surface area contributed by atoms with Crippen molar-refractivity contribution in [1.29, 1.82) is 10.5 Å². The molecule has 6 rings (SSSR count). The van der Waals surface area contributed by atoms with Crippen molar-refractivity contribution in [1.82, 2.24) is 30.0 Å². The molecule has 2 aliphatic rings. The van der Waals surface area contributed by atoms with Crippen molar-refractivity contribution in [3.05, 3.63) is 85.1 Å². The number of carbonyl (C=O) groups excluding carboxylic acids is 7. The van der Waals surface area contributed by atoms with Crippen molar-refractivity contribution in [2.75, 3.05) is 71.4 Å². The van der Waals surface area contributed by atoms with Crippen LogP contribution in [0.3, 0.4) is 0 Å². The van der Waals surface area contributed by atoms with Crippen LogP contribution in [0.1, 0.15) is 179 Å². The lowest BCUT2D eigenvalue weighted by molar-refractivity contribution is -0.173. The molecule has 6 amide bonds. The maximum Gasteiger partial charge on any atom is 0.290 e. The zero-order valence-electron chi connectivity index (χ0n) is 57.4. The Kier molecular flexibility index (Phi) is 31.9. The van der Waals surface area contributed by atoms with Crippen LogP contribution in [0.2, 0.25) is 0 Å². The Balaban J connectivity index is 0.000000393. The van der Waals surface area contributed by atoms with Crippen molar-refractivity contribution in [2.24, 2.45) is 10.8 Å². The van der Waals surface area contributed by atoms with Gasteiger partial charge in [0.1, 0.15) is 34.8 Å². The number of aliphatic hydroxyl groups excluding tert-OH is 3. The van der Waals surface area contributed by atoms with E-state index in [4.69, 9.17) is 29.8 Å². The topological polar surface area (TPSA) is 291 Å². The number of unbranched alkanes of at least 4 members (excludes halogenated alkanes) is 6. The summed E-state index contributed by atoms with van der Waals surface area (Å²) in [6.45, 7) is 25.0. The number of methoxy groups -OCH3 is 2. The molecule has 0 saturated carbocycles. The molecule has 2 aromatic heterocycles. The number of hydrazine groups is 2. The summed E-state index contributed by atoms with van der Waals surface area (Å²) in [6.07, 6.45) is 13.4. The summed E-state index contributed by atoms with van der Waals surface area (Å²) < 4.78 is 11.2. The van der Waals surface area contributed by atoms with E-state index < -0.39 is 40.4 Å². The molecule has 0 atom stereocenters. The minimum absolute atomic E-state index is 0.0314. The second-order valence-electron chi connectivity index (χ2n) is 24.1. The van der Waals surface area contributed by atoms with Crippen LogP contribution in [0.15, 0.2) is 64.3 Å². The molecule has 3 N–H and O–H groups in total. The summed E-state index contributed by atoms with van der Waals surface area (Å²) in [5.41, 5.74) is 2.57. The molecule has 22 nitrogen and oxygen atoms in total. The lowest BCUT2D eigenvalue weighted by atomic mass is 9.93. The third-order valence-corrected chi connectivity index (χ3v) is 17.2. The first kappa shape index (κ1) is 79.1. The lowest BCUT2D eigenvalue weighted by Crippen LogP contribution is -2.56. The highest BCUT2D eigenvalue weighted by molar-refractivity contribution is 7.17. The number of imide groups is 2.